The zero-order valence-corrected chi connectivity index (χ0v) is 10.9. The van der Waals surface area contributed by atoms with Gasteiger partial charge in [-0.1, -0.05) is 13.8 Å². The van der Waals surface area contributed by atoms with Crippen LogP contribution in [0.1, 0.15) is 46.5 Å². The molecule has 4 atom stereocenters. The Bertz CT molecular complexity index is 221. The summed E-state index contributed by atoms with van der Waals surface area (Å²) in [4.78, 5) is 0. The van der Waals surface area contributed by atoms with Crippen LogP contribution in [0.15, 0.2) is 0 Å². The number of hydrogen-bond acceptors (Lipinski definition) is 2. The molecule has 0 aromatic carbocycles. The second-order valence-corrected chi connectivity index (χ2v) is 6.40. The lowest BCUT2D eigenvalue weighted by molar-refractivity contribution is -0.0790. The van der Waals surface area contributed by atoms with E-state index in [1.165, 1.54) is 19.3 Å². The van der Waals surface area contributed by atoms with E-state index in [1.54, 1.807) is 0 Å². The summed E-state index contributed by atoms with van der Waals surface area (Å²) in [5, 5.41) is 10.8. The van der Waals surface area contributed by atoms with Crippen molar-refractivity contribution in [2.24, 2.45) is 23.7 Å². The Hall–Kier alpha value is -0.0800. The fourth-order valence-corrected chi connectivity index (χ4v) is 3.75. The van der Waals surface area contributed by atoms with Crippen molar-refractivity contribution >= 4 is 0 Å². The smallest absolute Gasteiger partial charge is 0.0698 e. The Kier molecular flexibility index (Phi) is 3.60. The van der Waals surface area contributed by atoms with Crippen molar-refractivity contribution in [1.82, 2.24) is 0 Å². The third kappa shape index (κ3) is 2.43. The molecule has 0 aromatic heterocycles. The monoisotopic (exact) mass is 226 g/mol. The van der Waals surface area contributed by atoms with E-state index in [-0.39, 0.29) is 0 Å². The summed E-state index contributed by atoms with van der Waals surface area (Å²) in [5.41, 5.74) is -0.514. The molecule has 1 aliphatic carbocycles. The van der Waals surface area contributed by atoms with Gasteiger partial charge in [0.25, 0.3) is 0 Å². The van der Waals surface area contributed by atoms with Crippen molar-refractivity contribution in [2.75, 3.05) is 13.2 Å². The van der Waals surface area contributed by atoms with Gasteiger partial charge >= 0.3 is 0 Å². The molecule has 2 rings (SSSR count). The minimum atomic E-state index is -0.514. The average Bonchev–Trinajstić information content (AvgIpc) is 2.69. The predicted octanol–water partition coefficient (Wildman–Crippen LogP) is 2.85. The highest BCUT2D eigenvalue weighted by molar-refractivity contribution is 4.93. The van der Waals surface area contributed by atoms with Crippen LogP contribution >= 0.6 is 0 Å². The first-order valence-corrected chi connectivity index (χ1v) is 6.80. The van der Waals surface area contributed by atoms with E-state index < -0.39 is 5.60 Å². The van der Waals surface area contributed by atoms with Crippen LogP contribution in [0.25, 0.3) is 0 Å². The Morgan fingerprint density at radius 2 is 1.69 bits per heavy atom. The van der Waals surface area contributed by atoms with E-state index in [9.17, 15) is 5.11 Å². The second-order valence-electron chi connectivity index (χ2n) is 6.40. The lowest BCUT2D eigenvalue weighted by atomic mass is 9.66. The van der Waals surface area contributed by atoms with E-state index in [4.69, 9.17) is 4.74 Å². The minimum absolute atomic E-state index is 0.356. The van der Waals surface area contributed by atoms with Crippen LogP contribution in [0.5, 0.6) is 0 Å². The van der Waals surface area contributed by atoms with Crippen LogP contribution in [0.2, 0.25) is 0 Å². The number of hydrogen-bond donors (Lipinski definition) is 1. The van der Waals surface area contributed by atoms with Crippen LogP contribution in [0.3, 0.4) is 0 Å². The molecular formula is C14H26O2. The largest absolute Gasteiger partial charge is 0.390 e. The molecule has 1 heterocycles. The van der Waals surface area contributed by atoms with Crippen LogP contribution in [0, 0.1) is 23.7 Å². The van der Waals surface area contributed by atoms with Gasteiger partial charge in [-0.3, -0.25) is 0 Å². The van der Waals surface area contributed by atoms with Crippen molar-refractivity contribution in [3.63, 3.8) is 0 Å². The molecule has 16 heavy (non-hydrogen) atoms. The van der Waals surface area contributed by atoms with Crippen LogP contribution < -0.4 is 0 Å². The van der Waals surface area contributed by atoms with Gasteiger partial charge in [0.2, 0.25) is 0 Å². The first kappa shape index (κ1) is 12.4. The number of rotatable bonds is 2. The molecule has 1 N–H and O–H groups in total. The SMILES string of the molecule is CC1CC(C)CC(C(C)(O)C2CCOC2)C1. The topological polar surface area (TPSA) is 29.5 Å². The van der Waals surface area contributed by atoms with E-state index in [1.807, 2.05) is 6.92 Å². The lowest BCUT2D eigenvalue weighted by Gasteiger charge is -2.43. The Morgan fingerprint density at radius 1 is 1.06 bits per heavy atom. The summed E-state index contributed by atoms with van der Waals surface area (Å²) in [6.45, 7) is 8.28. The number of ether oxygens (including phenoxy) is 1. The molecule has 1 saturated carbocycles. The van der Waals surface area contributed by atoms with Crippen molar-refractivity contribution in [2.45, 2.75) is 52.1 Å². The fourth-order valence-electron chi connectivity index (χ4n) is 3.75. The summed E-state index contributed by atoms with van der Waals surface area (Å²) in [5.74, 6) is 2.36. The standard InChI is InChI=1S/C14H26O2/c1-10-6-11(2)8-13(7-10)14(3,15)12-4-5-16-9-12/h10-13,15H,4-9H2,1-3H3. The Morgan fingerprint density at radius 3 is 2.19 bits per heavy atom. The summed E-state index contributed by atoms with van der Waals surface area (Å²) >= 11 is 0. The molecular weight excluding hydrogens is 200 g/mol. The molecule has 2 nitrogen and oxygen atoms in total. The van der Waals surface area contributed by atoms with E-state index in [0.29, 0.717) is 11.8 Å². The van der Waals surface area contributed by atoms with Gasteiger partial charge in [-0.15, -0.1) is 0 Å². The van der Waals surface area contributed by atoms with E-state index in [0.717, 1.165) is 31.5 Å². The quantitative estimate of drug-likeness (QED) is 0.784. The molecule has 0 aromatic rings. The maximum Gasteiger partial charge on any atom is 0.0698 e. The molecule has 2 aliphatic rings. The van der Waals surface area contributed by atoms with E-state index >= 15 is 0 Å². The van der Waals surface area contributed by atoms with Crippen molar-refractivity contribution in [1.29, 1.82) is 0 Å². The molecule has 0 bridgehead atoms. The van der Waals surface area contributed by atoms with Crippen molar-refractivity contribution in [3.8, 4) is 0 Å². The first-order chi connectivity index (χ1) is 7.50. The number of aliphatic hydroxyl groups is 1. The zero-order valence-electron chi connectivity index (χ0n) is 10.9. The summed E-state index contributed by atoms with van der Waals surface area (Å²) in [6.07, 6.45) is 4.74. The predicted molar refractivity (Wildman–Crippen MR) is 65.2 cm³/mol. The summed E-state index contributed by atoms with van der Waals surface area (Å²) < 4.78 is 5.43. The van der Waals surface area contributed by atoms with Gasteiger partial charge in [-0.05, 0) is 50.4 Å². The molecule has 0 amide bonds. The first-order valence-electron chi connectivity index (χ1n) is 6.80. The summed E-state index contributed by atoms with van der Waals surface area (Å²) in [7, 11) is 0. The van der Waals surface area contributed by atoms with Crippen LogP contribution in [0.4, 0.5) is 0 Å². The average molecular weight is 226 g/mol. The van der Waals surface area contributed by atoms with Gasteiger partial charge in [-0.2, -0.15) is 0 Å². The molecule has 2 heteroatoms. The highest BCUT2D eigenvalue weighted by Crippen LogP contribution is 2.43. The molecule has 0 radical (unpaired) electrons. The normalized spacial score (nSPS) is 44.2. The minimum Gasteiger partial charge on any atom is -0.390 e. The zero-order chi connectivity index (χ0) is 11.8. The van der Waals surface area contributed by atoms with Gasteiger partial charge < -0.3 is 9.84 Å². The maximum absolute atomic E-state index is 10.8. The molecule has 0 spiro atoms. The Labute approximate surface area is 99.4 Å². The molecule has 4 unspecified atom stereocenters. The third-order valence-corrected chi connectivity index (χ3v) is 4.76. The van der Waals surface area contributed by atoms with Crippen LogP contribution in [-0.4, -0.2) is 23.9 Å². The van der Waals surface area contributed by atoms with Gasteiger partial charge in [0.05, 0.1) is 12.2 Å². The molecule has 94 valence electrons. The fraction of sp³-hybridized carbons (Fsp3) is 1.00. The molecule has 1 saturated heterocycles. The van der Waals surface area contributed by atoms with Gasteiger partial charge in [0.1, 0.15) is 0 Å². The third-order valence-electron chi connectivity index (χ3n) is 4.76. The van der Waals surface area contributed by atoms with Gasteiger partial charge in [-0.25, -0.2) is 0 Å². The Balaban J connectivity index is 2.03. The highest BCUT2D eigenvalue weighted by atomic mass is 16.5. The molecule has 1 aliphatic heterocycles. The highest BCUT2D eigenvalue weighted by Gasteiger charge is 2.43. The van der Waals surface area contributed by atoms with Gasteiger partial charge in [0, 0.05) is 12.5 Å². The molecule has 2 fully saturated rings. The van der Waals surface area contributed by atoms with Crippen molar-refractivity contribution in [3.05, 3.63) is 0 Å². The maximum atomic E-state index is 10.8. The van der Waals surface area contributed by atoms with Crippen LogP contribution in [-0.2, 0) is 4.74 Å². The summed E-state index contributed by atoms with van der Waals surface area (Å²) in [6, 6.07) is 0. The van der Waals surface area contributed by atoms with Crippen molar-refractivity contribution < 1.29 is 9.84 Å². The second kappa shape index (κ2) is 4.66. The van der Waals surface area contributed by atoms with Gasteiger partial charge in [0.15, 0.2) is 0 Å². The lowest BCUT2D eigenvalue weighted by Crippen LogP contribution is -2.45. The van der Waals surface area contributed by atoms with E-state index in [2.05, 4.69) is 13.8 Å².